The van der Waals surface area contributed by atoms with E-state index < -0.39 is 5.54 Å². The summed E-state index contributed by atoms with van der Waals surface area (Å²) in [5.74, 6) is 0.0442. The van der Waals surface area contributed by atoms with E-state index in [1.54, 1.807) is 6.07 Å². The van der Waals surface area contributed by atoms with Crippen molar-refractivity contribution >= 4 is 22.5 Å². The van der Waals surface area contributed by atoms with Crippen LogP contribution in [0.1, 0.15) is 42.1 Å². The van der Waals surface area contributed by atoms with Gasteiger partial charge in [-0.3, -0.25) is 14.6 Å². The molecule has 0 radical (unpaired) electrons. The van der Waals surface area contributed by atoms with Crippen molar-refractivity contribution in [2.75, 3.05) is 0 Å². The minimum absolute atomic E-state index is 0.0442. The molecule has 0 saturated carbocycles. The Labute approximate surface area is 197 Å². The van der Waals surface area contributed by atoms with Crippen LogP contribution in [0.4, 0.5) is 0 Å². The lowest BCUT2D eigenvalue weighted by atomic mass is 9.77. The molecule has 5 rings (SSSR count). The van der Waals surface area contributed by atoms with Crippen LogP contribution in [0, 0.1) is 0 Å². The van der Waals surface area contributed by atoms with E-state index in [1.807, 2.05) is 73.1 Å². The van der Waals surface area contributed by atoms with Gasteiger partial charge in [-0.25, -0.2) is 4.98 Å². The summed E-state index contributed by atoms with van der Waals surface area (Å²) in [6.45, 7) is 4.04. The van der Waals surface area contributed by atoms with Gasteiger partial charge < -0.3 is 0 Å². The molecule has 5 heteroatoms. The van der Waals surface area contributed by atoms with Crippen LogP contribution in [0.2, 0.25) is 5.15 Å². The Morgan fingerprint density at radius 2 is 1.27 bits per heavy atom. The van der Waals surface area contributed by atoms with Crippen molar-refractivity contribution in [3.05, 3.63) is 135 Å². The summed E-state index contributed by atoms with van der Waals surface area (Å²) in [6.07, 6.45) is 0. The van der Waals surface area contributed by atoms with Crippen molar-refractivity contribution < 1.29 is 0 Å². The molecule has 2 aromatic heterocycles. The number of pyridine rings is 1. The molecule has 5 aromatic rings. The Bertz CT molecular complexity index is 1360. The highest BCUT2D eigenvalue weighted by atomic mass is 35.5. The monoisotopic (exact) mass is 453 g/mol. The number of rotatable bonds is 5. The van der Waals surface area contributed by atoms with Gasteiger partial charge in [0.2, 0.25) is 0 Å². The van der Waals surface area contributed by atoms with E-state index in [9.17, 15) is 4.79 Å². The summed E-state index contributed by atoms with van der Waals surface area (Å²) >= 11 is 6.50. The Morgan fingerprint density at radius 3 is 1.70 bits per heavy atom. The molecule has 0 amide bonds. The number of nitrogens with zero attached hydrogens (tertiary/aromatic N) is 2. The van der Waals surface area contributed by atoms with E-state index in [0.717, 1.165) is 22.2 Å². The molecule has 164 valence electrons. The Hall–Kier alpha value is -3.63. The first kappa shape index (κ1) is 21.2. The van der Waals surface area contributed by atoms with Gasteiger partial charge in [0.1, 0.15) is 10.7 Å². The fourth-order valence-electron chi connectivity index (χ4n) is 4.75. The number of aromatic nitrogens is 3. The summed E-state index contributed by atoms with van der Waals surface area (Å²) in [4.78, 5) is 17.9. The third-order valence-electron chi connectivity index (χ3n) is 6.13. The maximum absolute atomic E-state index is 13.4. The van der Waals surface area contributed by atoms with Gasteiger partial charge in [-0.15, -0.1) is 0 Å². The lowest BCUT2D eigenvalue weighted by molar-refractivity contribution is 0.472. The minimum Gasteiger partial charge on any atom is -0.267 e. The van der Waals surface area contributed by atoms with Crippen molar-refractivity contribution in [1.82, 2.24) is 14.8 Å². The van der Waals surface area contributed by atoms with Crippen molar-refractivity contribution in [2.24, 2.45) is 0 Å². The second-order valence-corrected chi connectivity index (χ2v) is 8.85. The molecule has 0 spiro atoms. The predicted octanol–water partition coefficient (Wildman–Crippen LogP) is 6.34. The maximum Gasteiger partial charge on any atom is 0.273 e. The summed E-state index contributed by atoms with van der Waals surface area (Å²) < 4.78 is 1.96. The van der Waals surface area contributed by atoms with E-state index >= 15 is 0 Å². The van der Waals surface area contributed by atoms with Crippen LogP contribution in [0.25, 0.3) is 10.9 Å². The number of halogens is 1. The summed E-state index contributed by atoms with van der Waals surface area (Å²) in [5, 5.41) is 4.11. The van der Waals surface area contributed by atoms with Gasteiger partial charge in [0.15, 0.2) is 0 Å². The van der Waals surface area contributed by atoms with Crippen LogP contribution >= 0.6 is 11.6 Å². The van der Waals surface area contributed by atoms with Gasteiger partial charge in [-0.05, 0) is 22.6 Å². The van der Waals surface area contributed by atoms with Gasteiger partial charge in [0.05, 0.1) is 16.6 Å². The zero-order valence-electron chi connectivity index (χ0n) is 18.5. The summed E-state index contributed by atoms with van der Waals surface area (Å²) in [5.41, 5.74) is 3.48. The zero-order valence-corrected chi connectivity index (χ0v) is 19.3. The maximum atomic E-state index is 13.4. The average Bonchev–Trinajstić information content (AvgIpc) is 3.17. The quantitative estimate of drug-likeness (QED) is 0.249. The fraction of sp³-hybridized carbons (Fsp3) is 0.143. The number of aromatic amines is 1. The van der Waals surface area contributed by atoms with Crippen LogP contribution < -0.4 is 5.56 Å². The fourth-order valence-corrected chi connectivity index (χ4v) is 4.95. The molecule has 4 nitrogen and oxygen atoms in total. The van der Waals surface area contributed by atoms with Crippen LogP contribution in [-0.2, 0) is 5.54 Å². The van der Waals surface area contributed by atoms with E-state index in [0.29, 0.717) is 16.2 Å². The SMILES string of the molecule is CC(C)c1nc(Cl)cc2c1c(=O)[nH]n2C(c1ccccc1)(c1ccccc1)c1ccccc1. The molecule has 0 fully saturated rings. The van der Waals surface area contributed by atoms with Gasteiger partial charge in [-0.1, -0.05) is 116 Å². The minimum atomic E-state index is -0.830. The number of nitrogens with one attached hydrogen (secondary N) is 1. The van der Waals surface area contributed by atoms with Crippen molar-refractivity contribution in [2.45, 2.75) is 25.3 Å². The molecule has 1 N–H and O–H groups in total. The topological polar surface area (TPSA) is 50.7 Å². The number of fused-ring (bicyclic) bond motifs is 1. The first-order chi connectivity index (χ1) is 16.0. The average molecular weight is 454 g/mol. The van der Waals surface area contributed by atoms with Crippen LogP contribution in [0.3, 0.4) is 0 Å². The molecule has 0 atom stereocenters. The van der Waals surface area contributed by atoms with Crippen LogP contribution in [0.15, 0.2) is 102 Å². The van der Waals surface area contributed by atoms with Gasteiger partial charge in [-0.2, -0.15) is 0 Å². The first-order valence-corrected chi connectivity index (χ1v) is 11.4. The van der Waals surface area contributed by atoms with Gasteiger partial charge in [0, 0.05) is 6.07 Å². The molecular formula is C28H24ClN3O. The molecule has 0 saturated heterocycles. The molecule has 0 unspecified atom stereocenters. The molecular weight excluding hydrogens is 430 g/mol. The largest absolute Gasteiger partial charge is 0.273 e. The Kier molecular flexibility index (Phi) is 5.39. The van der Waals surface area contributed by atoms with E-state index in [-0.39, 0.29) is 11.5 Å². The van der Waals surface area contributed by atoms with Gasteiger partial charge in [0.25, 0.3) is 5.56 Å². The zero-order chi connectivity index (χ0) is 23.0. The van der Waals surface area contributed by atoms with Crippen LogP contribution in [0.5, 0.6) is 0 Å². The molecule has 0 aliphatic carbocycles. The van der Waals surface area contributed by atoms with Crippen molar-refractivity contribution in [3.8, 4) is 0 Å². The van der Waals surface area contributed by atoms with Gasteiger partial charge >= 0.3 is 0 Å². The third-order valence-corrected chi connectivity index (χ3v) is 6.33. The molecule has 33 heavy (non-hydrogen) atoms. The van der Waals surface area contributed by atoms with Crippen molar-refractivity contribution in [1.29, 1.82) is 0 Å². The number of H-pyrrole nitrogens is 1. The molecule has 0 bridgehead atoms. The lowest BCUT2D eigenvalue weighted by Gasteiger charge is -2.37. The molecule has 0 aliphatic rings. The second-order valence-electron chi connectivity index (χ2n) is 8.46. The Balaban J connectivity index is 2.01. The number of hydrogen-bond acceptors (Lipinski definition) is 2. The normalized spacial score (nSPS) is 11.9. The highest BCUT2D eigenvalue weighted by Gasteiger charge is 2.40. The number of benzene rings is 3. The Morgan fingerprint density at radius 1 is 0.818 bits per heavy atom. The second kappa shape index (κ2) is 8.38. The third kappa shape index (κ3) is 3.38. The van der Waals surface area contributed by atoms with Crippen LogP contribution in [-0.4, -0.2) is 14.8 Å². The summed E-state index contributed by atoms with van der Waals surface area (Å²) in [7, 11) is 0. The van der Waals surface area contributed by atoms with E-state index in [4.69, 9.17) is 11.6 Å². The van der Waals surface area contributed by atoms with E-state index in [2.05, 4.69) is 46.5 Å². The molecule has 0 aliphatic heterocycles. The first-order valence-electron chi connectivity index (χ1n) is 11.0. The lowest BCUT2D eigenvalue weighted by Crippen LogP contribution is -2.39. The van der Waals surface area contributed by atoms with Crippen molar-refractivity contribution in [3.63, 3.8) is 0 Å². The smallest absolute Gasteiger partial charge is 0.267 e. The highest BCUT2D eigenvalue weighted by Crippen LogP contribution is 2.42. The molecule has 3 aromatic carbocycles. The summed E-state index contributed by atoms with van der Waals surface area (Å²) in [6, 6.07) is 32.5. The standard InChI is InChI=1S/C28H24ClN3O/c1-19(2)26-25-23(18-24(29)30-26)32(31-27(25)33)28(20-12-6-3-7-13-20,21-14-8-4-9-15-21)22-16-10-5-11-17-22/h3-19H,1-2H3,(H,31,33). The molecule has 2 heterocycles. The van der Waals surface area contributed by atoms with E-state index in [1.165, 1.54) is 0 Å². The predicted molar refractivity (Wildman–Crippen MR) is 134 cm³/mol. The highest BCUT2D eigenvalue weighted by molar-refractivity contribution is 6.30. The number of hydrogen-bond donors (Lipinski definition) is 1.